The number of likely N-dealkylation sites (tertiary alicyclic amines) is 1. The molecule has 0 spiro atoms. The Morgan fingerprint density at radius 2 is 2.44 bits per heavy atom. The number of hydrogen-bond donors (Lipinski definition) is 1. The van der Waals surface area contributed by atoms with E-state index in [-0.39, 0.29) is 12.4 Å². The van der Waals surface area contributed by atoms with Crippen LogP contribution >= 0.6 is 35.3 Å². The van der Waals surface area contributed by atoms with E-state index in [0.717, 1.165) is 17.4 Å². The lowest BCUT2D eigenvalue weighted by atomic mass is 10.2. The molecule has 0 aliphatic carbocycles. The fourth-order valence-corrected chi connectivity index (χ4v) is 3.13. The fraction of sp³-hybridized carbons (Fsp3) is 0.636. The van der Waals surface area contributed by atoms with Gasteiger partial charge in [0.05, 0.1) is 4.34 Å². The van der Waals surface area contributed by atoms with E-state index in [0.29, 0.717) is 6.04 Å². The highest BCUT2D eigenvalue weighted by Crippen LogP contribution is 2.27. The molecular formula is C11H18Cl2N2S. The molecule has 2 heterocycles. The van der Waals surface area contributed by atoms with Crippen molar-refractivity contribution in [3.05, 3.63) is 21.3 Å². The summed E-state index contributed by atoms with van der Waals surface area (Å²) in [5, 5.41) is 5.33. The highest BCUT2D eigenvalue weighted by Gasteiger charge is 2.24. The summed E-state index contributed by atoms with van der Waals surface area (Å²) >= 11 is 7.74. The maximum atomic E-state index is 6.12. The first-order valence-corrected chi connectivity index (χ1v) is 6.67. The van der Waals surface area contributed by atoms with Gasteiger partial charge in [-0.1, -0.05) is 11.6 Å². The lowest BCUT2D eigenvalue weighted by molar-refractivity contribution is 0.242. The molecule has 1 unspecified atom stereocenters. The Kier molecular flexibility index (Phi) is 6.08. The number of thiophene rings is 1. The first-order chi connectivity index (χ1) is 7.31. The number of likely N-dealkylation sites (N-methyl/N-ethyl adjacent to an activating group) is 1. The van der Waals surface area contributed by atoms with Crippen molar-refractivity contribution in [3.63, 3.8) is 0 Å². The van der Waals surface area contributed by atoms with Gasteiger partial charge in [0.2, 0.25) is 0 Å². The molecule has 1 atom stereocenters. The molecule has 1 saturated heterocycles. The average Bonchev–Trinajstić information content (AvgIpc) is 2.80. The second-order valence-corrected chi connectivity index (χ2v) is 5.56. The molecule has 1 N–H and O–H groups in total. The van der Waals surface area contributed by atoms with Crippen LogP contribution in [0.3, 0.4) is 0 Å². The molecule has 0 saturated carbocycles. The summed E-state index contributed by atoms with van der Waals surface area (Å²) in [4.78, 5) is 2.53. The van der Waals surface area contributed by atoms with Crippen molar-refractivity contribution in [1.29, 1.82) is 0 Å². The SMILES string of the molecule is CNCC1CCCN1Cc1ccsc1Cl.Cl. The molecule has 2 nitrogen and oxygen atoms in total. The van der Waals surface area contributed by atoms with E-state index in [1.807, 2.05) is 7.05 Å². The van der Waals surface area contributed by atoms with Crippen LogP contribution in [0.2, 0.25) is 4.34 Å². The van der Waals surface area contributed by atoms with E-state index >= 15 is 0 Å². The molecule has 16 heavy (non-hydrogen) atoms. The fourth-order valence-electron chi connectivity index (χ4n) is 2.22. The Hall–Kier alpha value is 0.200. The van der Waals surface area contributed by atoms with Crippen LogP contribution in [0.5, 0.6) is 0 Å². The van der Waals surface area contributed by atoms with Crippen LogP contribution in [0.15, 0.2) is 11.4 Å². The predicted molar refractivity (Wildman–Crippen MR) is 73.9 cm³/mol. The largest absolute Gasteiger partial charge is 0.318 e. The molecule has 1 fully saturated rings. The van der Waals surface area contributed by atoms with Crippen molar-refractivity contribution in [2.24, 2.45) is 0 Å². The van der Waals surface area contributed by atoms with Gasteiger partial charge in [0.25, 0.3) is 0 Å². The van der Waals surface area contributed by atoms with E-state index < -0.39 is 0 Å². The summed E-state index contributed by atoms with van der Waals surface area (Å²) in [6, 6.07) is 2.83. The smallest absolute Gasteiger partial charge is 0.0973 e. The number of hydrogen-bond acceptors (Lipinski definition) is 3. The minimum Gasteiger partial charge on any atom is -0.318 e. The van der Waals surface area contributed by atoms with E-state index in [1.165, 1.54) is 24.9 Å². The van der Waals surface area contributed by atoms with Crippen molar-refractivity contribution in [1.82, 2.24) is 10.2 Å². The third-order valence-electron chi connectivity index (χ3n) is 3.01. The Labute approximate surface area is 112 Å². The van der Waals surface area contributed by atoms with Crippen molar-refractivity contribution < 1.29 is 0 Å². The van der Waals surface area contributed by atoms with Crippen LogP contribution in [0, 0.1) is 0 Å². The van der Waals surface area contributed by atoms with Gasteiger partial charge in [-0.15, -0.1) is 23.7 Å². The van der Waals surface area contributed by atoms with Crippen LogP contribution < -0.4 is 5.32 Å². The van der Waals surface area contributed by atoms with Crippen LogP contribution in [-0.2, 0) is 6.54 Å². The molecule has 1 aromatic heterocycles. The Morgan fingerprint density at radius 3 is 3.06 bits per heavy atom. The monoisotopic (exact) mass is 280 g/mol. The summed E-state index contributed by atoms with van der Waals surface area (Å²) in [6.07, 6.45) is 2.62. The number of halogens is 2. The van der Waals surface area contributed by atoms with E-state index in [4.69, 9.17) is 11.6 Å². The maximum absolute atomic E-state index is 6.12. The van der Waals surface area contributed by atoms with Gasteiger partial charge in [-0.25, -0.2) is 0 Å². The van der Waals surface area contributed by atoms with Gasteiger partial charge in [-0.3, -0.25) is 4.90 Å². The van der Waals surface area contributed by atoms with Gasteiger partial charge in [-0.2, -0.15) is 0 Å². The molecule has 0 amide bonds. The zero-order valence-corrected chi connectivity index (χ0v) is 11.8. The third kappa shape index (κ3) is 3.34. The number of nitrogens with one attached hydrogen (secondary N) is 1. The minimum atomic E-state index is 0. The van der Waals surface area contributed by atoms with Crippen molar-refractivity contribution in [3.8, 4) is 0 Å². The van der Waals surface area contributed by atoms with Crippen molar-refractivity contribution in [2.45, 2.75) is 25.4 Å². The van der Waals surface area contributed by atoms with Crippen LogP contribution in [0.4, 0.5) is 0 Å². The topological polar surface area (TPSA) is 15.3 Å². The Morgan fingerprint density at radius 1 is 1.62 bits per heavy atom. The predicted octanol–water partition coefficient (Wildman–Crippen LogP) is 3.01. The van der Waals surface area contributed by atoms with Crippen molar-refractivity contribution in [2.75, 3.05) is 20.1 Å². The molecule has 0 bridgehead atoms. The van der Waals surface area contributed by atoms with E-state index in [1.54, 1.807) is 11.3 Å². The first-order valence-electron chi connectivity index (χ1n) is 5.42. The molecule has 0 aromatic carbocycles. The summed E-state index contributed by atoms with van der Waals surface area (Å²) < 4.78 is 0.949. The zero-order chi connectivity index (χ0) is 10.7. The standard InChI is InChI=1S/C11H17ClN2S.ClH/c1-13-7-10-3-2-5-14(10)8-9-4-6-15-11(9)12;/h4,6,10,13H,2-3,5,7-8H2,1H3;1H. The summed E-state index contributed by atoms with van der Waals surface area (Å²) in [5.74, 6) is 0. The van der Waals surface area contributed by atoms with Gasteiger partial charge in [0, 0.05) is 19.1 Å². The van der Waals surface area contributed by atoms with E-state index in [2.05, 4.69) is 21.7 Å². The molecular weight excluding hydrogens is 263 g/mol. The molecule has 1 aliphatic rings. The van der Waals surface area contributed by atoms with Gasteiger partial charge < -0.3 is 5.32 Å². The lowest BCUT2D eigenvalue weighted by Crippen LogP contribution is -2.36. The third-order valence-corrected chi connectivity index (χ3v) is 4.26. The van der Waals surface area contributed by atoms with Crippen LogP contribution in [-0.4, -0.2) is 31.1 Å². The maximum Gasteiger partial charge on any atom is 0.0973 e. The Bertz CT molecular complexity index is 317. The number of nitrogens with zero attached hydrogens (tertiary/aromatic N) is 1. The second kappa shape index (κ2) is 6.82. The second-order valence-electron chi connectivity index (χ2n) is 4.04. The van der Waals surface area contributed by atoms with Gasteiger partial charge in [-0.05, 0) is 43.4 Å². The Balaban J connectivity index is 0.00000128. The summed E-state index contributed by atoms with van der Waals surface area (Å²) in [7, 11) is 2.02. The van der Waals surface area contributed by atoms with Gasteiger partial charge in [0.15, 0.2) is 0 Å². The quantitative estimate of drug-likeness (QED) is 0.912. The normalized spacial score (nSPS) is 21.0. The minimum absolute atomic E-state index is 0. The first kappa shape index (κ1) is 14.3. The summed E-state index contributed by atoms with van der Waals surface area (Å²) in [6.45, 7) is 3.30. The van der Waals surface area contributed by atoms with Crippen LogP contribution in [0.1, 0.15) is 18.4 Å². The molecule has 92 valence electrons. The highest BCUT2D eigenvalue weighted by molar-refractivity contribution is 7.14. The summed E-state index contributed by atoms with van der Waals surface area (Å²) in [5.41, 5.74) is 1.28. The van der Waals surface area contributed by atoms with Gasteiger partial charge >= 0.3 is 0 Å². The van der Waals surface area contributed by atoms with E-state index in [9.17, 15) is 0 Å². The molecule has 1 aliphatic heterocycles. The molecule has 2 rings (SSSR count). The lowest BCUT2D eigenvalue weighted by Gasteiger charge is -2.23. The van der Waals surface area contributed by atoms with Crippen LogP contribution in [0.25, 0.3) is 0 Å². The molecule has 0 radical (unpaired) electrons. The van der Waals surface area contributed by atoms with Gasteiger partial charge in [0.1, 0.15) is 0 Å². The zero-order valence-electron chi connectivity index (χ0n) is 9.41. The average molecular weight is 281 g/mol. The molecule has 5 heteroatoms. The molecule has 1 aromatic rings. The number of rotatable bonds is 4. The highest BCUT2D eigenvalue weighted by atomic mass is 35.5. The van der Waals surface area contributed by atoms with Crippen molar-refractivity contribution >= 4 is 35.3 Å².